The minimum atomic E-state index is 0.908. The van der Waals surface area contributed by atoms with Crippen molar-refractivity contribution in [1.29, 1.82) is 0 Å². The van der Waals surface area contributed by atoms with E-state index in [1.165, 1.54) is 154 Å². The average molecular weight is 496 g/mol. The highest BCUT2D eigenvalue weighted by molar-refractivity contribution is 4.65. The van der Waals surface area contributed by atoms with Crippen LogP contribution in [0.3, 0.4) is 0 Å². The number of rotatable bonds is 29. The molecule has 0 aromatic carbocycles. The molecule has 2 heteroatoms. The molecule has 212 valence electrons. The fraction of sp³-hybridized carbons (Fsp3) is 1.00. The largest absolute Gasteiger partial charge is 0.381 e. The van der Waals surface area contributed by atoms with Crippen LogP contribution in [0.4, 0.5) is 0 Å². The third-order valence-electron chi connectivity index (χ3n) is 7.91. The molecular weight excluding hydrogens is 426 g/mol. The van der Waals surface area contributed by atoms with Crippen LogP contribution in [0.25, 0.3) is 0 Å². The minimum Gasteiger partial charge on any atom is -0.381 e. The zero-order valence-corrected chi connectivity index (χ0v) is 25.4. The van der Waals surface area contributed by atoms with Crippen LogP contribution in [0.15, 0.2) is 0 Å². The van der Waals surface area contributed by atoms with Gasteiger partial charge in [0, 0.05) is 19.8 Å². The molecule has 0 fully saturated rings. The van der Waals surface area contributed by atoms with Crippen LogP contribution in [0.5, 0.6) is 0 Å². The Hall–Kier alpha value is -0.0800. The van der Waals surface area contributed by atoms with Crippen molar-refractivity contribution in [2.45, 2.75) is 169 Å². The lowest BCUT2D eigenvalue weighted by atomic mass is 9.90. The van der Waals surface area contributed by atoms with E-state index in [0.717, 1.165) is 25.0 Å². The highest BCUT2D eigenvalue weighted by atomic mass is 16.5. The lowest BCUT2D eigenvalue weighted by Gasteiger charge is -2.24. The van der Waals surface area contributed by atoms with Gasteiger partial charge in [0.25, 0.3) is 0 Å². The fourth-order valence-electron chi connectivity index (χ4n) is 5.50. The normalized spacial score (nSPS) is 13.5. The third-order valence-corrected chi connectivity index (χ3v) is 7.91. The van der Waals surface area contributed by atoms with Gasteiger partial charge in [0.05, 0.1) is 0 Å². The molecule has 0 amide bonds. The van der Waals surface area contributed by atoms with Gasteiger partial charge < -0.3 is 9.64 Å². The lowest BCUT2D eigenvalue weighted by Crippen LogP contribution is -2.27. The Morgan fingerprint density at radius 3 is 1.49 bits per heavy atom. The van der Waals surface area contributed by atoms with Crippen molar-refractivity contribution >= 4 is 0 Å². The molecule has 35 heavy (non-hydrogen) atoms. The molecule has 0 aromatic heterocycles. The Bertz CT molecular complexity index is 385. The second-order valence-corrected chi connectivity index (χ2v) is 11.6. The summed E-state index contributed by atoms with van der Waals surface area (Å²) in [6.07, 6.45) is 30.6. The second-order valence-electron chi connectivity index (χ2n) is 11.6. The summed E-state index contributed by atoms with van der Waals surface area (Å²) in [6.45, 7) is 13.8. The van der Waals surface area contributed by atoms with Crippen LogP contribution in [-0.2, 0) is 4.74 Å². The number of hydrogen-bond acceptors (Lipinski definition) is 2. The smallest absolute Gasteiger partial charge is 0.0466 e. The molecule has 0 aliphatic heterocycles. The van der Waals surface area contributed by atoms with Gasteiger partial charge in [-0.15, -0.1) is 0 Å². The molecule has 0 saturated carbocycles. The van der Waals surface area contributed by atoms with Gasteiger partial charge >= 0.3 is 0 Å². The molecule has 0 bridgehead atoms. The van der Waals surface area contributed by atoms with E-state index >= 15 is 0 Å². The van der Waals surface area contributed by atoms with Crippen molar-refractivity contribution in [2.24, 2.45) is 11.8 Å². The summed E-state index contributed by atoms with van der Waals surface area (Å²) in [7, 11) is 2.34. The van der Waals surface area contributed by atoms with Gasteiger partial charge in [-0.3, -0.25) is 0 Å². The average Bonchev–Trinajstić information content (AvgIpc) is 2.86. The summed E-state index contributed by atoms with van der Waals surface area (Å²) in [4.78, 5) is 2.60. The Balaban J connectivity index is 3.79. The van der Waals surface area contributed by atoms with Crippen molar-refractivity contribution in [1.82, 2.24) is 4.90 Å². The molecule has 0 aromatic rings. The Kier molecular flexibility index (Phi) is 28.4. The molecule has 0 radical (unpaired) electrons. The van der Waals surface area contributed by atoms with E-state index in [4.69, 9.17) is 4.74 Å². The molecule has 0 aliphatic carbocycles. The SMILES string of the molecule is CCCCCCCC(CCCC)CCCCOCCCCN(C)CC(CCCC)CCCCCC. The monoisotopic (exact) mass is 496 g/mol. The predicted octanol–water partition coefficient (Wildman–Crippen LogP) is 10.8. The van der Waals surface area contributed by atoms with Crippen molar-refractivity contribution in [2.75, 3.05) is 33.4 Å². The molecule has 2 unspecified atom stereocenters. The Morgan fingerprint density at radius 2 is 0.886 bits per heavy atom. The molecule has 0 N–H and O–H groups in total. The van der Waals surface area contributed by atoms with Crippen LogP contribution < -0.4 is 0 Å². The van der Waals surface area contributed by atoms with E-state index in [0.29, 0.717) is 0 Å². The zero-order valence-electron chi connectivity index (χ0n) is 25.4. The molecule has 2 atom stereocenters. The van der Waals surface area contributed by atoms with E-state index in [9.17, 15) is 0 Å². The highest BCUT2D eigenvalue weighted by Gasteiger charge is 2.11. The van der Waals surface area contributed by atoms with E-state index in [2.05, 4.69) is 39.6 Å². The van der Waals surface area contributed by atoms with Crippen molar-refractivity contribution in [3.8, 4) is 0 Å². The van der Waals surface area contributed by atoms with Crippen LogP contribution in [0, 0.1) is 11.8 Å². The Morgan fingerprint density at radius 1 is 0.457 bits per heavy atom. The number of ether oxygens (including phenoxy) is 1. The summed E-state index contributed by atoms with van der Waals surface area (Å²) in [6, 6.07) is 0. The number of nitrogens with zero attached hydrogens (tertiary/aromatic N) is 1. The van der Waals surface area contributed by atoms with Gasteiger partial charge in [-0.05, 0) is 57.5 Å². The van der Waals surface area contributed by atoms with E-state index in [1.54, 1.807) is 0 Å². The summed E-state index contributed by atoms with van der Waals surface area (Å²) < 4.78 is 6.00. The maximum atomic E-state index is 6.00. The summed E-state index contributed by atoms with van der Waals surface area (Å²) in [5.74, 6) is 1.88. The first-order valence-electron chi connectivity index (χ1n) is 16.4. The zero-order chi connectivity index (χ0) is 25.8. The topological polar surface area (TPSA) is 12.5 Å². The first-order chi connectivity index (χ1) is 17.2. The summed E-state index contributed by atoms with van der Waals surface area (Å²) in [5.41, 5.74) is 0. The standard InChI is InChI=1S/C33H69NO/c1-6-10-14-16-18-25-32(23-12-8-3)26-19-21-29-35-30-22-20-28-34(5)31-33(24-13-9-4)27-17-15-11-7-2/h32-33H,6-31H2,1-5H3. The van der Waals surface area contributed by atoms with E-state index in [-0.39, 0.29) is 0 Å². The Labute approximate surface area is 223 Å². The molecule has 0 rings (SSSR count). The van der Waals surface area contributed by atoms with Gasteiger partial charge in [-0.25, -0.2) is 0 Å². The third kappa shape index (κ3) is 25.4. The van der Waals surface area contributed by atoms with Crippen LogP contribution in [0.2, 0.25) is 0 Å². The number of unbranched alkanes of at least 4 members (excludes halogenated alkanes) is 11. The summed E-state index contributed by atoms with van der Waals surface area (Å²) >= 11 is 0. The predicted molar refractivity (Wildman–Crippen MR) is 160 cm³/mol. The van der Waals surface area contributed by atoms with Gasteiger partial charge in [0.2, 0.25) is 0 Å². The lowest BCUT2D eigenvalue weighted by molar-refractivity contribution is 0.122. The van der Waals surface area contributed by atoms with Gasteiger partial charge in [-0.1, -0.05) is 137 Å². The minimum absolute atomic E-state index is 0.908. The maximum Gasteiger partial charge on any atom is 0.0466 e. The molecule has 0 spiro atoms. The first kappa shape index (κ1) is 34.9. The maximum absolute atomic E-state index is 6.00. The van der Waals surface area contributed by atoms with Gasteiger partial charge in [-0.2, -0.15) is 0 Å². The quantitative estimate of drug-likeness (QED) is 0.0956. The molecular formula is C33H69NO. The van der Waals surface area contributed by atoms with Crippen LogP contribution in [0.1, 0.15) is 169 Å². The summed E-state index contributed by atoms with van der Waals surface area (Å²) in [5, 5.41) is 0. The fourth-order valence-corrected chi connectivity index (χ4v) is 5.50. The van der Waals surface area contributed by atoms with Crippen molar-refractivity contribution in [3.05, 3.63) is 0 Å². The van der Waals surface area contributed by atoms with Crippen molar-refractivity contribution < 1.29 is 4.74 Å². The van der Waals surface area contributed by atoms with E-state index < -0.39 is 0 Å². The first-order valence-corrected chi connectivity index (χ1v) is 16.4. The van der Waals surface area contributed by atoms with Crippen molar-refractivity contribution in [3.63, 3.8) is 0 Å². The van der Waals surface area contributed by atoms with Crippen LogP contribution in [-0.4, -0.2) is 38.3 Å². The molecule has 0 saturated heterocycles. The molecule has 2 nitrogen and oxygen atoms in total. The second kappa shape index (κ2) is 28.5. The highest BCUT2D eigenvalue weighted by Crippen LogP contribution is 2.23. The van der Waals surface area contributed by atoms with Crippen LogP contribution >= 0.6 is 0 Å². The molecule has 0 aliphatic rings. The van der Waals surface area contributed by atoms with Gasteiger partial charge in [0.1, 0.15) is 0 Å². The van der Waals surface area contributed by atoms with E-state index in [1.807, 2.05) is 0 Å². The number of hydrogen-bond donors (Lipinski definition) is 0. The van der Waals surface area contributed by atoms with Gasteiger partial charge in [0.15, 0.2) is 0 Å². The molecule has 0 heterocycles.